The highest BCUT2D eigenvalue weighted by atomic mass is 19.2. The first kappa shape index (κ1) is 7.10. The molecule has 1 aliphatic rings. The predicted molar refractivity (Wildman–Crippen MR) is 26.5 cm³/mol. The molecule has 0 fully saturated rings. The lowest BCUT2D eigenvalue weighted by Crippen LogP contribution is -2.56. The third-order valence-electron chi connectivity index (χ3n) is 0.932. The van der Waals surface area contributed by atoms with E-state index in [1.807, 2.05) is 0 Å². The average Bonchev–Trinajstić information content (AvgIpc) is 1.81. The summed E-state index contributed by atoms with van der Waals surface area (Å²) in [7, 11) is 0. The molecule has 0 aromatic rings. The lowest BCUT2D eigenvalue weighted by Gasteiger charge is -2.21. The van der Waals surface area contributed by atoms with Crippen molar-refractivity contribution in [3.8, 4) is 0 Å². The van der Waals surface area contributed by atoms with Crippen LogP contribution >= 0.6 is 0 Å². The van der Waals surface area contributed by atoms with Gasteiger partial charge in [0.2, 0.25) is 11.7 Å². The summed E-state index contributed by atoms with van der Waals surface area (Å²) in [5, 5.41) is 8.36. The standard InChI is InChI=1S/C4H4F2N2O2/c5-3-1-2(9)4(6,10)8-7-3/h1,7-8,10H. The van der Waals surface area contributed by atoms with Gasteiger partial charge < -0.3 is 5.11 Å². The van der Waals surface area contributed by atoms with Gasteiger partial charge in [-0.3, -0.25) is 10.2 Å². The van der Waals surface area contributed by atoms with Crippen LogP contribution in [-0.2, 0) is 4.79 Å². The molecule has 0 aromatic carbocycles. The van der Waals surface area contributed by atoms with Crippen molar-refractivity contribution >= 4 is 5.78 Å². The van der Waals surface area contributed by atoms with Gasteiger partial charge in [-0.2, -0.15) is 14.2 Å². The quantitative estimate of drug-likeness (QED) is 0.391. The minimum Gasteiger partial charge on any atom is -0.342 e. The van der Waals surface area contributed by atoms with Crippen molar-refractivity contribution in [2.24, 2.45) is 0 Å². The van der Waals surface area contributed by atoms with Crippen LogP contribution in [0.5, 0.6) is 0 Å². The Morgan fingerprint density at radius 2 is 2.30 bits per heavy atom. The molecular weight excluding hydrogens is 146 g/mol. The van der Waals surface area contributed by atoms with Gasteiger partial charge in [-0.1, -0.05) is 0 Å². The van der Waals surface area contributed by atoms with Gasteiger partial charge in [0.05, 0.1) is 0 Å². The van der Waals surface area contributed by atoms with Crippen molar-refractivity contribution in [3.05, 3.63) is 12.0 Å². The molecule has 4 nitrogen and oxygen atoms in total. The first-order chi connectivity index (χ1) is 4.52. The van der Waals surface area contributed by atoms with Gasteiger partial charge in [0, 0.05) is 6.08 Å². The zero-order chi connectivity index (χ0) is 7.78. The second-order valence-electron chi connectivity index (χ2n) is 1.73. The highest BCUT2D eigenvalue weighted by Crippen LogP contribution is 2.09. The monoisotopic (exact) mass is 150 g/mol. The number of ketones is 1. The molecule has 1 aliphatic heterocycles. The summed E-state index contributed by atoms with van der Waals surface area (Å²) in [6.45, 7) is 0. The van der Waals surface area contributed by atoms with Crippen molar-refractivity contribution in [1.29, 1.82) is 0 Å². The third-order valence-corrected chi connectivity index (χ3v) is 0.932. The molecule has 0 saturated carbocycles. The number of hydrogen-bond donors (Lipinski definition) is 3. The molecule has 1 unspecified atom stereocenters. The smallest absolute Gasteiger partial charge is 0.342 e. The summed E-state index contributed by atoms with van der Waals surface area (Å²) in [5.41, 5.74) is 3.01. The van der Waals surface area contributed by atoms with Crippen LogP contribution in [0.4, 0.5) is 8.78 Å². The Morgan fingerprint density at radius 1 is 1.70 bits per heavy atom. The molecule has 6 heteroatoms. The molecule has 1 rings (SSSR count). The van der Waals surface area contributed by atoms with Gasteiger partial charge in [0.1, 0.15) is 0 Å². The molecule has 0 amide bonds. The van der Waals surface area contributed by atoms with E-state index < -0.39 is 17.7 Å². The number of halogens is 2. The van der Waals surface area contributed by atoms with E-state index in [1.165, 1.54) is 5.43 Å². The lowest BCUT2D eigenvalue weighted by atomic mass is 10.3. The van der Waals surface area contributed by atoms with E-state index in [1.54, 1.807) is 5.43 Å². The molecule has 0 radical (unpaired) electrons. The normalized spacial score (nSPS) is 33.1. The Morgan fingerprint density at radius 3 is 2.70 bits per heavy atom. The van der Waals surface area contributed by atoms with E-state index in [0.717, 1.165) is 0 Å². The third kappa shape index (κ3) is 1.12. The molecule has 0 bridgehead atoms. The van der Waals surface area contributed by atoms with E-state index in [2.05, 4.69) is 0 Å². The van der Waals surface area contributed by atoms with Crippen molar-refractivity contribution < 1.29 is 18.7 Å². The molecule has 0 aromatic heterocycles. The van der Waals surface area contributed by atoms with E-state index in [0.29, 0.717) is 6.08 Å². The lowest BCUT2D eigenvalue weighted by molar-refractivity contribution is -0.166. The van der Waals surface area contributed by atoms with Crippen LogP contribution in [0.25, 0.3) is 0 Å². The van der Waals surface area contributed by atoms with Crippen LogP contribution in [0.3, 0.4) is 0 Å². The molecule has 1 heterocycles. The van der Waals surface area contributed by atoms with Crippen molar-refractivity contribution in [1.82, 2.24) is 10.9 Å². The summed E-state index contributed by atoms with van der Waals surface area (Å²) in [6.07, 6.45) is 0.316. The molecular formula is C4H4F2N2O2. The molecule has 0 spiro atoms. The summed E-state index contributed by atoms with van der Waals surface area (Å²) in [4.78, 5) is 10.3. The molecule has 3 N–H and O–H groups in total. The van der Waals surface area contributed by atoms with E-state index in [4.69, 9.17) is 5.11 Å². The largest absolute Gasteiger partial charge is 0.345 e. The number of carbonyl (C=O) groups is 1. The number of rotatable bonds is 0. The molecule has 10 heavy (non-hydrogen) atoms. The van der Waals surface area contributed by atoms with Crippen LogP contribution in [0.2, 0.25) is 0 Å². The Bertz CT molecular complexity index is 201. The first-order valence-electron chi connectivity index (χ1n) is 2.38. The molecule has 56 valence electrons. The SMILES string of the molecule is O=C1C=C(F)NNC1(O)F. The van der Waals surface area contributed by atoms with Crippen molar-refractivity contribution in [2.75, 3.05) is 0 Å². The number of aliphatic hydroxyl groups is 1. The van der Waals surface area contributed by atoms with Gasteiger partial charge >= 0.3 is 5.98 Å². The van der Waals surface area contributed by atoms with E-state index in [9.17, 15) is 13.6 Å². The number of hydrazine groups is 1. The summed E-state index contributed by atoms with van der Waals surface area (Å²) in [5.74, 6) is -5.61. The van der Waals surface area contributed by atoms with Gasteiger partial charge in [-0.25, -0.2) is 0 Å². The minimum atomic E-state index is -3.20. The first-order valence-corrected chi connectivity index (χ1v) is 2.38. The van der Waals surface area contributed by atoms with Gasteiger partial charge in [-0.15, -0.1) is 0 Å². The van der Waals surface area contributed by atoms with Gasteiger partial charge in [0.25, 0.3) is 0 Å². The number of alkyl halides is 1. The second-order valence-corrected chi connectivity index (χ2v) is 1.73. The summed E-state index contributed by atoms with van der Waals surface area (Å²) < 4.78 is 24.2. The van der Waals surface area contributed by atoms with Crippen molar-refractivity contribution in [2.45, 2.75) is 5.98 Å². The topological polar surface area (TPSA) is 61.4 Å². The zero-order valence-corrected chi connectivity index (χ0v) is 4.69. The fraction of sp³-hybridized carbons (Fsp3) is 0.250. The van der Waals surface area contributed by atoms with Crippen LogP contribution in [0.15, 0.2) is 12.0 Å². The van der Waals surface area contributed by atoms with E-state index >= 15 is 0 Å². The molecule has 1 atom stereocenters. The maximum absolute atomic E-state index is 12.3. The number of carbonyl (C=O) groups excluding carboxylic acids is 1. The van der Waals surface area contributed by atoms with Gasteiger partial charge in [0.15, 0.2) is 0 Å². The summed E-state index contributed by atoms with van der Waals surface area (Å²) >= 11 is 0. The zero-order valence-electron chi connectivity index (χ0n) is 4.69. The van der Waals surface area contributed by atoms with Crippen LogP contribution in [0.1, 0.15) is 0 Å². The Balaban J connectivity index is 2.84. The maximum Gasteiger partial charge on any atom is 0.345 e. The second kappa shape index (κ2) is 1.99. The fourth-order valence-electron chi connectivity index (χ4n) is 0.451. The Kier molecular flexibility index (Phi) is 1.42. The highest BCUT2D eigenvalue weighted by Gasteiger charge is 2.37. The predicted octanol–water partition coefficient (Wildman–Crippen LogP) is -0.910. The highest BCUT2D eigenvalue weighted by molar-refractivity contribution is 5.96. The van der Waals surface area contributed by atoms with Gasteiger partial charge in [-0.05, 0) is 0 Å². The van der Waals surface area contributed by atoms with Crippen LogP contribution in [0, 0.1) is 0 Å². The van der Waals surface area contributed by atoms with Crippen LogP contribution < -0.4 is 10.9 Å². The number of nitrogens with one attached hydrogen (secondary N) is 2. The fourth-order valence-corrected chi connectivity index (χ4v) is 0.451. The summed E-state index contributed by atoms with van der Waals surface area (Å²) in [6, 6.07) is 0. The Hall–Kier alpha value is -1.01. The minimum absolute atomic E-state index is 0.316. The van der Waals surface area contributed by atoms with Crippen molar-refractivity contribution in [3.63, 3.8) is 0 Å². The van der Waals surface area contributed by atoms with Crippen LogP contribution in [-0.4, -0.2) is 16.9 Å². The average molecular weight is 150 g/mol. The Labute approximate surface area is 54.5 Å². The van der Waals surface area contributed by atoms with E-state index in [-0.39, 0.29) is 0 Å². The molecule has 0 aliphatic carbocycles. The number of hydrogen-bond acceptors (Lipinski definition) is 4. The maximum atomic E-state index is 12.3. The molecule has 0 saturated heterocycles.